The number of nitrogens with one attached hydrogen (secondary N) is 2. The molecule has 0 radical (unpaired) electrons. The summed E-state index contributed by atoms with van der Waals surface area (Å²) < 4.78 is 5.27. The molecule has 1 heterocycles. The van der Waals surface area contributed by atoms with Gasteiger partial charge >= 0.3 is 6.09 Å². The van der Waals surface area contributed by atoms with Crippen molar-refractivity contribution in [3.8, 4) is 0 Å². The van der Waals surface area contributed by atoms with Gasteiger partial charge < -0.3 is 15.4 Å². The molecule has 0 aromatic heterocycles. The van der Waals surface area contributed by atoms with Gasteiger partial charge in [-0.15, -0.1) is 0 Å². The van der Waals surface area contributed by atoms with Crippen LogP contribution in [-0.2, 0) is 4.74 Å². The second-order valence-corrected chi connectivity index (χ2v) is 5.93. The molecule has 0 aromatic rings. The number of hydrogen-bond donors (Lipinski definition) is 2. The molecule has 2 rings (SSSR count). The van der Waals surface area contributed by atoms with Gasteiger partial charge in [-0.05, 0) is 46.0 Å². The molecule has 1 amide bonds. The van der Waals surface area contributed by atoms with Crippen molar-refractivity contribution in [2.75, 3.05) is 6.54 Å². The first kappa shape index (κ1) is 11.7. The van der Waals surface area contributed by atoms with E-state index in [1.165, 1.54) is 19.3 Å². The van der Waals surface area contributed by atoms with E-state index in [9.17, 15) is 4.79 Å². The van der Waals surface area contributed by atoms with E-state index >= 15 is 0 Å². The molecule has 2 N–H and O–H groups in total. The molecule has 1 aliphatic heterocycles. The molecule has 1 saturated heterocycles. The summed E-state index contributed by atoms with van der Waals surface area (Å²) in [5.74, 6) is 0.638. The van der Waals surface area contributed by atoms with Crippen molar-refractivity contribution < 1.29 is 9.53 Å². The van der Waals surface area contributed by atoms with E-state index in [0.717, 1.165) is 6.54 Å². The Morgan fingerprint density at radius 3 is 2.81 bits per heavy atom. The molecule has 0 aromatic carbocycles. The molecular formula is C12H22N2O2. The average Bonchev–Trinajstić information content (AvgIpc) is 2.51. The van der Waals surface area contributed by atoms with Gasteiger partial charge in [0.15, 0.2) is 0 Å². The van der Waals surface area contributed by atoms with E-state index in [4.69, 9.17) is 4.74 Å². The minimum Gasteiger partial charge on any atom is -0.444 e. The second-order valence-electron chi connectivity index (χ2n) is 5.93. The fourth-order valence-electron chi connectivity index (χ4n) is 2.66. The zero-order valence-corrected chi connectivity index (χ0v) is 10.4. The summed E-state index contributed by atoms with van der Waals surface area (Å²) in [6.07, 6.45) is 3.38. The third-order valence-electron chi connectivity index (χ3n) is 3.37. The Hall–Kier alpha value is -0.770. The van der Waals surface area contributed by atoms with Crippen LogP contribution in [0.4, 0.5) is 4.79 Å². The van der Waals surface area contributed by atoms with Crippen LogP contribution in [0.2, 0.25) is 0 Å². The predicted octanol–water partition coefficient (Wildman–Crippen LogP) is 1.65. The van der Waals surface area contributed by atoms with Crippen LogP contribution in [0, 0.1) is 5.92 Å². The van der Waals surface area contributed by atoms with Crippen LogP contribution in [0.25, 0.3) is 0 Å². The normalized spacial score (nSPS) is 33.6. The van der Waals surface area contributed by atoms with Crippen molar-refractivity contribution in [2.45, 2.75) is 57.7 Å². The molecule has 3 atom stereocenters. The molecule has 1 saturated carbocycles. The summed E-state index contributed by atoms with van der Waals surface area (Å²) in [5.41, 5.74) is -0.412. The molecule has 0 unspecified atom stereocenters. The van der Waals surface area contributed by atoms with Gasteiger partial charge in [-0.1, -0.05) is 0 Å². The number of rotatable bonds is 1. The van der Waals surface area contributed by atoms with Gasteiger partial charge in [-0.3, -0.25) is 0 Å². The summed E-state index contributed by atoms with van der Waals surface area (Å²) in [6, 6.07) is 0.926. The predicted molar refractivity (Wildman–Crippen MR) is 62.3 cm³/mol. The lowest BCUT2D eigenvalue weighted by atomic mass is 9.95. The van der Waals surface area contributed by atoms with Crippen molar-refractivity contribution >= 4 is 6.09 Å². The molecule has 2 fully saturated rings. The van der Waals surface area contributed by atoms with Crippen LogP contribution in [0.1, 0.15) is 40.0 Å². The van der Waals surface area contributed by atoms with Gasteiger partial charge in [-0.25, -0.2) is 4.79 Å². The summed E-state index contributed by atoms with van der Waals surface area (Å²) in [5, 5.41) is 6.44. The van der Waals surface area contributed by atoms with Crippen molar-refractivity contribution in [1.29, 1.82) is 0 Å². The molecule has 4 nitrogen and oxygen atoms in total. The van der Waals surface area contributed by atoms with E-state index < -0.39 is 5.60 Å². The van der Waals surface area contributed by atoms with E-state index in [1.807, 2.05) is 20.8 Å². The number of carbonyl (C=O) groups excluding carboxylic acids is 1. The summed E-state index contributed by atoms with van der Waals surface area (Å²) >= 11 is 0. The van der Waals surface area contributed by atoms with Crippen LogP contribution < -0.4 is 10.6 Å². The Morgan fingerprint density at radius 2 is 2.12 bits per heavy atom. The lowest BCUT2D eigenvalue weighted by molar-refractivity contribution is 0.0479. The Labute approximate surface area is 97.1 Å². The summed E-state index contributed by atoms with van der Waals surface area (Å²) in [4.78, 5) is 11.6. The quantitative estimate of drug-likeness (QED) is 0.715. The van der Waals surface area contributed by atoms with Crippen LogP contribution in [0.15, 0.2) is 0 Å². The maximum atomic E-state index is 11.6. The monoisotopic (exact) mass is 226 g/mol. The highest BCUT2D eigenvalue weighted by Crippen LogP contribution is 2.31. The minimum absolute atomic E-state index is 0.244. The number of carbonyl (C=O) groups is 1. The van der Waals surface area contributed by atoms with Crippen molar-refractivity contribution in [1.82, 2.24) is 10.6 Å². The highest BCUT2D eigenvalue weighted by molar-refractivity contribution is 5.68. The second kappa shape index (κ2) is 4.24. The van der Waals surface area contributed by atoms with Crippen LogP contribution in [0.5, 0.6) is 0 Å². The van der Waals surface area contributed by atoms with Gasteiger partial charge in [0.25, 0.3) is 0 Å². The lowest BCUT2D eigenvalue weighted by Crippen LogP contribution is -2.51. The minimum atomic E-state index is -0.412. The summed E-state index contributed by atoms with van der Waals surface area (Å²) in [6.45, 7) is 6.54. The van der Waals surface area contributed by atoms with E-state index in [2.05, 4.69) is 10.6 Å². The molecule has 2 bridgehead atoms. The highest BCUT2D eigenvalue weighted by atomic mass is 16.6. The number of fused-ring (bicyclic) bond motifs is 2. The van der Waals surface area contributed by atoms with Crippen LogP contribution >= 0.6 is 0 Å². The third-order valence-corrected chi connectivity index (χ3v) is 3.37. The van der Waals surface area contributed by atoms with Crippen molar-refractivity contribution in [3.05, 3.63) is 0 Å². The van der Waals surface area contributed by atoms with Crippen molar-refractivity contribution in [3.63, 3.8) is 0 Å². The topological polar surface area (TPSA) is 50.4 Å². The van der Waals surface area contributed by atoms with Crippen LogP contribution in [0.3, 0.4) is 0 Å². The average molecular weight is 226 g/mol. The number of piperidine rings is 1. The Morgan fingerprint density at radius 1 is 1.38 bits per heavy atom. The zero-order chi connectivity index (χ0) is 11.8. The Bertz CT molecular complexity index is 273. The highest BCUT2D eigenvalue weighted by Gasteiger charge is 2.36. The fourth-order valence-corrected chi connectivity index (χ4v) is 2.66. The standard InChI is InChI=1S/C12H22N2O2/c1-12(2,3)16-11(15)14-10-7-13-9-5-4-8(10)6-9/h8-10,13H,4-7H2,1-3H3,(H,14,15)/t8-,9+,10+/m1/s1. The third kappa shape index (κ3) is 2.88. The van der Waals surface area contributed by atoms with Gasteiger partial charge in [0, 0.05) is 18.6 Å². The Balaban J connectivity index is 1.83. The van der Waals surface area contributed by atoms with E-state index in [1.54, 1.807) is 0 Å². The Kier molecular flexibility index (Phi) is 3.10. The first-order valence-corrected chi connectivity index (χ1v) is 6.17. The molecule has 0 spiro atoms. The fraction of sp³-hybridized carbons (Fsp3) is 0.917. The lowest BCUT2D eigenvalue weighted by Gasteiger charge is -2.31. The summed E-state index contributed by atoms with van der Waals surface area (Å²) in [7, 11) is 0. The molecular weight excluding hydrogens is 204 g/mol. The van der Waals surface area contributed by atoms with Gasteiger partial charge in [0.1, 0.15) is 5.60 Å². The molecule has 1 aliphatic carbocycles. The molecule has 2 aliphatic rings. The molecule has 16 heavy (non-hydrogen) atoms. The molecule has 92 valence electrons. The number of amides is 1. The number of ether oxygens (including phenoxy) is 1. The van der Waals surface area contributed by atoms with Gasteiger partial charge in [0.05, 0.1) is 0 Å². The smallest absolute Gasteiger partial charge is 0.407 e. The maximum Gasteiger partial charge on any atom is 0.407 e. The van der Waals surface area contributed by atoms with E-state index in [0.29, 0.717) is 12.0 Å². The molecule has 4 heteroatoms. The number of hydrogen-bond acceptors (Lipinski definition) is 3. The van der Waals surface area contributed by atoms with Gasteiger partial charge in [0.2, 0.25) is 0 Å². The zero-order valence-electron chi connectivity index (χ0n) is 10.4. The SMILES string of the molecule is CC(C)(C)OC(=O)N[C@H]1CN[C@H]2CC[C@@H]1C2. The van der Waals surface area contributed by atoms with E-state index in [-0.39, 0.29) is 12.1 Å². The first-order valence-electron chi connectivity index (χ1n) is 6.17. The number of alkyl carbamates (subject to hydrolysis) is 1. The van der Waals surface area contributed by atoms with Gasteiger partial charge in [-0.2, -0.15) is 0 Å². The largest absolute Gasteiger partial charge is 0.444 e. The van der Waals surface area contributed by atoms with Crippen molar-refractivity contribution in [2.24, 2.45) is 5.92 Å². The van der Waals surface area contributed by atoms with Crippen LogP contribution in [-0.4, -0.2) is 30.3 Å². The first-order chi connectivity index (χ1) is 7.44. The maximum absolute atomic E-state index is 11.6.